The number of hydrogen-bond acceptors (Lipinski definition) is 1. The van der Waals surface area contributed by atoms with Crippen molar-refractivity contribution in [1.82, 2.24) is 0 Å². The summed E-state index contributed by atoms with van der Waals surface area (Å²) in [6.07, 6.45) is 0. The molecule has 0 spiro atoms. The van der Waals surface area contributed by atoms with Gasteiger partial charge in [0.1, 0.15) is 5.75 Å². The molecule has 1 unspecified atom stereocenters. The number of fused-ring (bicyclic) bond motifs is 1. The maximum atomic E-state index is 5.77. The minimum Gasteiger partial charge on any atom is -0.492 e. The second-order valence-electron chi connectivity index (χ2n) is 6.29. The molecule has 0 N–H and O–H groups in total. The van der Waals surface area contributed by atoms with E-state index in [0.717, 1.165) is 16.8 Å². The molecule has 0 aliphatic carbocycles. The molecule has 0 amide bonds. The summed E-state index contributed by atoms with van der Waals surface area (Å²) in [5.41, 5.74) is 5.24. The maximum absolute atomic E-state index is 5.77. The highest BCUT2D eigenvalue weighted by atomic mass is 79.9. The normalized spacial score (nSPS) is 17.2. The SMILES string of the molecule is Cc1ccc(Br)cc1C(Br)c1ccc2c(c1)C(C)(C)CO2. The van der Waals surface area contributed by atoms with E-state index in [0.29, 0.717) is 0 Å². The van der Waals surface area contributed by atoms with Crippen LogP contribution in [0, 0.1) is 6.92 Å². The lowest BCUT2D eigenvalue weighted by Crippen LogP contribution is -2.18. The Hall–Kier alpha value is -0.800. The molecular formula is C18H18Br2O. The van der Waals surface area contributed by atoms with Gasteiger partial charge < -0.3 is 4.74 Å². The fraction of sp³-hybridized carbons (Fsp3) is 0.333. The molecule has 1 nitrogen and oxygen atoms in total. The fourth-order valence-electron chi connectivity index (χ4n) is 2.76. The van der Waals surface area contributed by atoms with Crippen molar-refractivity contribution < 1.29 is 4.74 Å². The quantitative estimate of drug-likeness (QED) is 0.560. The van der Waals surface area contributed by atoms with E-state index in [1.165, 1.54) is 22.3 Å². The van der Waals surface area contributed by atoms with Gasteiger partial charge in [-0.1, -0.05) is 57.8 Å². The van der Waals surface area contributed by atoms with Crippen LogP contribution in [0.4, 0.5) is 0 Å². The highest BCUT2D eigenvalue weighted by Crippen LogP contribution is 2.42. The number of rotatable bonds is 2. The number of ether oxygens (including phenoxy) is 1. The third kappa shape index (κ3) is 2.78. The van der Waals surface area contributed by atoms with Gasteiger partial charge in [-0.3, -0.25) is 0 Å². The molecule has 0 bridgehead atoms. The van der Waals surface area contributed by atoms with Crippen LogP contribution in [-0.4, -0.2) is 6.61 Å². The molecule has 1 aliphatic rings. The highest BCUT2D eigenvalue weighted by Gasteiger charge is 2.32. The molecule has 1 aliphatic heterocycles. The molecule has 2 aromatic rings. The van der Waals surface area contributed by atoms with Gasteiger partial charge in [0.05, 0.1) is 11.4 Å². The Balaban J connectivity index is 2.03. The van der Waals surface area contributed by atoms with Crippen LogP contribution >= 0.6 is 31.9 Å². The lowest BCUT2D eigenvalue weighted by atomic mass is 9.85. The van der Waals surface area contributed by atoms with Gasteiger partial charge in [-0.15, -0.1) is 0 Å². The van der Waals surface area contributed by atoms with Crippen LogP contribution < -0.4 is 4.74 Å². The van der Waals surface area contributed by atoms with Crippen LogP contribution in [0.25, 0.3) is 0 Å². The second kappa shape index (κ2) is 5.44. The van der Waals surface area contributed by atoms with Crippen molar-refractivity contribution in [2.75, 3.05) is 6.61 Å². The van der Waals surface area contributed by atoms with Gasteiger partial charge in [-0.2, -0.15) is 0 Å². The molecule has 2 aromatic carbocycles. The largest absolute Gasteiger partial charge is 0.492 e. The average Bonchev–Trinajstić information content (AvgIpc) is 2.76. The molecule has 0 saturated heterocycles. The van der Waals surface area contributed by atoms with Gasteiger partial charge in [-0.05, 0) is 47.9 Å². The predicted molar refractivity (Wildman–Crippen MR) is 94.6 cm³/mol. The summed E-state index contributed by atoms with van der Waals surface area (Å²) < 4.78 is 6.88. The molecule has 1 heterocycles. The van der Waals surface area contributed by atoms with Crippen LogP contribution in [0.15, 0.2) is 40.9 Å². The molecule has 21 heavy (non-hydrogen) atoms. The van der Waals surface area contributed by atoms with Crippen molar-refractivity contribution in [2.45, 2.75) is 31.0 Å². The Morgan fingerprint density at radius 2 is 1.90 bits per heavy atom. The summed E-state index contributed by atoms with van der Waals surface area (Å²) in [5.74, 6) is 1.02. The number of alkyl halides is 1. The first-order chi connectivity index (χ1) is 9.88. The van der Waals surface area contributed by atoms with Crippen molar-refractivity contribution in [3.05, 3.63) is 63.1 Å². The van der Waals surface area contributed by atoms with Gasteiger partial charge in [0.2, 0.25) is 0 Å². The molecule has 1 atom stereocenters. The zero-order valence-electron chi connectivity index (χ0n) is 12.4. The summed E-state index contributed by atoms with van der Waals surface area (Å²) >= 11 is 7.43. The van der Waals surface area contributed by atoms with E-state index >= 15 is 0 Å². The lowest BCUT2D eigenvalue weighted by molar-refractivity contribution is 0.291. The van der Waals surface area contributed by atoms with Gasteiger partial charge in [0.25, 0.3) is 0 Å². The van der Waals surface area contributed by atoms with E-state index in [1.807, 2.05) is 0 Å². The lowest BCUT2D eigenvalue weighted by Gasteiger charge is -2.19. The van der Waals surface area contributed by atoms with Gasteiger partial charge >= 0.3 is 0 Å². The highest BCUT2D eigenvalue weighted by molar-refractivity contribution is 9.10. The third-order valence-corrected chi connectivity index (χ3v) is 5.64. The van der Waals surface area contributed by atoms with Gasteiger partial charge in [0.15, 0.2) is 0 Å². The van der Waals surface area contributed by atoms with Crippen molar-refractivity contribution in [2.24, 2.45) is 0 Å². The van der Waals surface area contributed by atoms with E-state index in [9.17, 15) is 0 Å². The number of aryl methyl sites for hydroxylation is 1. The third-order valence-electron chi connectivity index (χ3n) is 4.13. The summed E-state index contributed by atoms with van der Waals surface area (Å²) in [7, 11) is 0. The first-order valence-corrected chi connectivity index (χ1v) is 8.77. The molecule has 0 fully saturated rings. The van der Waals surface area contributed by atoms with Gasteiger partial charge in [0, 0.05) is 15.5 Å². The van der Waals surface area contributed by atoms with E-state index in [-0.39, 0.29) is 10.2 Å². The monoisotopic (exact) mass is 408 g/mol. The molecule has 0 saturated carbocycles. The molecule has 3 rings (SSSR count). The zero-order chi connectivity index (χ0) is 15.2. The van der Waals surface area contributed by atoms with Gasteiger partial charge in [-0.25, -0.2) is 0 Å². The first-order valence-electron chi connectivity index (χ1n) is 7.06. The topological polar surface area (TPSA) is 9.23 Å². The van der Waals surface area contributed by atoms with E-state index in [4.69, 9.17) is 4.74 Å². The molecule has 3 heteroatoms. The molecule has 0 radical (unpaired) electrons. The molecule has 110 valence electrons. The Kier molecular flexibility index (Phi) is 3.91. The summed E-state index contributed by atoms with van der Waals surface area (Å²) in [6, 6.07) is 12.9. The second-order valence-corrected chi connectivity index (χ2v) is 8.12. The van der Waals surface area contributed by atoms with Crippen molar-refractivity contribution in [3.8, 4) is 5.75 Å². The van der Waals surface area contributed by atoms with Crippen molar-refractivity contribution in [1.29, 1.82) is 0 Å². The van der Waals surface area contributed by atoms with E-state index in [2.05, 4.69) is 89.0 Å². The summed E-state index contributed by atoms with van der Waals surface area (Å²) in [5, 5.41) is 0. The van der Waals surface area contributed by atoms with Crippen LogP contribution in [0.5, 0.6) is 5.75 Å². The number of hydrogen-bond donors (Lipinski definition) is 0. The zero-order valence-corrected chi connectivity index (χ0v) is 15.6. The Bertz CT molecular complexity index is 692. The molecule has 0 aromatic heterocycles. The fourth-order valence-corrected chi connectivity index (χ4v) is 3.92. The smallest absolute Gasteiger partial charge is 0.123 e. The van der Waals surface area contributed by atoms with Crippen LogP contribution in [0.2, 0.25) is 0 Å². The van der Waals surface area contributed by atoms with Crippen LogP contribution in [-0.2, 0) is 5.41 Å². The van der Waals surface area contributed by atoms with Crippen molar-refractivity contribution in [3.63, 3.8) is 0 Å². The predicted octanol–water partition coefficient (Wildman–Crippen LogP) is 5.91. The maximum Gasteiger partial charge on any atom is 0.123 e. The Labute approximate surface area is 143 Å². The summed E-state index contributed by atoms with van der Waals surface area (Å²) in [4.78, 5) is 0.191. The summed E-state index contributed by atoms with van der Waals surface area (Å²) in [6.45, 7) is 7.37. The number of benzene rings is 2. The number of halogens is 2. The van der Waals surface area contributed by atoms with Crippen LogP contribution in [0.3, 0.4) is 0 Å². The van der Waals surface area contributed by atoms with E-state index < -0.39 is 0 Å². The Morgan fingerprint density at radius 1 is 1.14 bits per heavy atom. The van der Waals surface area contributed by atoms with Crippen LogP contribution in [0.1, 0.15) is 40.9 Å². The van der Waals surface area contributed by atoms with Crippen molar-refractivity contribution >= 4 is 31.9 Å². The standard InChI is InChI=1S/C18H18Br2O/c1-11-4-6-13(19)9-14(11)17(20)12-5-7-16-15(8-12)18(2,3)10-21-16/h4-9,17H,10H2,1-3H3. The van der Waals surface area contributed by atoms with E-state index in [1.54, 1.807) is 0 Å². The first kappa shape index (κ1) is 15.1. The minimum atomic E-state index is 0.0877. The Morgan fingerprint density at radius 3 is 2.67 bits per heavy atom. The average molecular weight is 410 g/mol. The minimum absolute atomic E-state index is 0.0877. The molecular weight excluding hydrogens is 392 g/mol.